The fourth-order valence-electron chi connectivity index (χ4n) is 5.27. The summed E-state index contributed by atoms with van der Waals surface area (Å²) in [6.07, 6.45) is 0.560. The number of methoxy groups -OCH3 is 1. The molecule has 40 heavy (non-hydrogen) atoms. The minimum atomic E-state index is -4.71. The highest BCUT2D eigenvalue weighted by Crippen LogP contribution is 2.37. The summed E-state index contributed by atoms with van der Waals surface area (Å²) in [6, 6.07) is 9.44. The topological polar surface area (TPSA) is 66.0 Å². The van der Waals surface area contributed by atoms with Gasteiger partial charge >= 0.3 is 6.18 Å². The van der Waals surface area contributed by atoms with E-state index in [4.69, 9.17) is 16.3 Å². The number of ether oxygens (including phenoxy) is 1. The Labute approximate surface area is 238 Å². The molecule has 1 saturated carbocycles. The molecule has 2 fully saturated rings. The average Bonchev–Trinajstić information content (AvgIpc) is 3.77. The van der Waals surface area contributed by atoms with Gasteiger partial charge in [-0.1, -0.05) is 23.7 Å². The maximum absolute atomic E-state index is 13.9. The van der Waals surface area contributed by atoms with Crippen LogP contribution >= 0.6 is 11.6 Å². The van der Waals surface area contributed by atoms with Crippen LogP contribution < -0.4 is 9.64 Å². The van der Waals surface area contributed by atoms with Crippen LogP contribution in [0.3, 0.4) is 0 Å². The van der Waals surface area contributed by atoms with Crippen molar-refractivity contribution in [2.45, 2.75) is 56.7 Å². The maximum atomic E-state index is 13.9. The zero-order chi connectivity index (χ0) is 29.0. The summed E-state index contributed by atoms with van der Waals surface area (Å²) in [6.45, 7) is 1.78. The minimum Gasteiger partial charge on any atom is -0.497 e. The minimum absolute atomic E-state index is 0.112. The number of halogens is 4. The molecule has 218 valence electrons. The van der Waals surface area contributed by atoms with Crippen molar-refractivity contribution >= 4 is 29.2 Å². The van der Waals surface area contributed by atoms with E-state index >= 15 is 0 Å². The molecule has 0 unspecified atom stereocenters. The van der Waals surface area contributed by atoms with E-state index in [-0.39, 0.29) is 28.9 Å². The van der Waals surface area contributed by atoms with Gasteiger partial charge < -0.3 is 19.4 Å². The number of nitrogens with zero attached hydrogens (tertiary/aromatic N) is 4. The molecule has 1 atom stereocenters. The lowest BCUT2D eigenvalue weighted by molar-refractivity contribution is -0.171. The number of rotatable bonds is 10. The van der Waals surface area contributed by atoms with Crippen LogP contribution in [0.15, 0.2) is 36.4 Å². The van der Waals surface area contributed by atoms with Crippen molar-refractivity contribution in [3.05, 3.63) is 52.7 Å². The quantitative estimate of drug-likeness (QED) is 0.333. The van der Waals surface area contributed by atoms with Crippen molar-refractivity contribution in [2.75, 3.05) is 45.7 Å². The van der Waals surface area contributed by atoms with Crippen molar-refractivity contribution in [1.82, 2.24) is 14.8 Å². The fourth-order valence-corrected chi connectivity index (χ4v) is 5.50. The van der Waals surface area contributed by atoms with E-state index in [2.05, 4.69) is 9.88 Å². The van der Waals surface area contributed by atoms with Gasteiger partial charge in [-0.05, 0) is 74.3 Å². The first-order valence-corrected chi connectivity index (χ1v) is 14.0. The Bertz CT molecular complexity index is 1200. The van der Waals surface area contributed by atoms with E-state index in [1.807, 2.05) is 6.07 Å². The number of anilines is 1. The zero-order valence-electron chi connectivity index (χ0n) is 23.1. The molecule has 1 saturated heterocycles. The fraction of sp³-hybridized carbons (Fsp3) is 0.552. The van der Waals surface area contributed by atoms with Gasteiger partial charge in [-0.15, -0.1) is 0 Å². The summed E-state index contributed by atoms with van der Waals surface area (Å²) in [5, 5.41) is 0.205. The van der Waals surface area contributed by atoms with E-state index in [1.165, 1.54) is 37.3 Å². The maximum Gasteiger partial charge on any atom is 0.404 e. The van der Waals surface area contributed by atoms with Crippen LogP contribution in [0, 0.1) is 5.92 Å². The van der Waals surface area contributed by atoms with Crippen molar-refractivity contribution in [3.8, 4) is 5.75 Å². The number of hydrogen-bond donors (Lipinski definition) is 0. The second-order valence-corrected chi connectivity index (χ2v) is 11.1. The van der Waals surface area contributed by atoms with Crippen LogP contribution in [0.5, 0.6) is 5.75 Å². The summed E-state index contributed by atoms with van der Waals surface area (Å²) in [4.78, 5) is 35.0. The predicted molar refractivity (Wildman–Crippen MR) is 148 cm³/mol. The second kappa shape index (κ2) is 12.7. The third kappa shape index (κ3) is 7.19. The molecule has 0 spiro atoms. The molecule has 2 aromatic rings. The molecule has 1 aromatic carbocycles. The first kappa shape index (κ1) is 30.0. The van der Waals surface area contributed by atoms with Gasteiger partial charge in [0.15, 0.2) is 5.92 Å². The van der Waals surface area contributed by atoms with Crippen LogP contribution in [0.2, 0.25) is 5.15 Å². The number of benzene rings is 1. The van der Waals surface area contributed by atoms with Gasteiger partial charge in [-0.3, -0.25) is 9.59 Å². The van der Waals surface area contributed by atoms with Crippen molar-refractivity contribution in [1.29, 1.82) is 0 Å². The molecule has 0 bridgehead atoms. The Balaban J connectivity index is 1.26. The number of pyridine rings is 1. The SMILES string of the molecule is COc1cccc([C@@H](C(=O)N(C)CCCC2CCN(c3ccc(C(=O)N(C)C4CC4)c(Cl)n3)CC2)C(F)(F)F)c1. The van der Waals surface area contributed by atoms with Gasteiger partial charge in [0.25, 0.3) is 5.91 Å². The number of likely N-dealkylation sites (N-methyl/N-ethyl adjacent to an activating group) is 1. The van der Waals surface area contributed by atoms with E-state index in [9.17, 15) is 22.8 Å². The highest BCUT2D eigenvalue weighted by Gasteiger charge is 2.47. The number of aromatic nitrogens is 1. The number of amides is 2. The molecule has 0 radical (unpaired) electrons. The zero-order valence-corrected chi connectivity index (χ0v) is 23.8. The molecule has 7 nitrogen and oxygen atoms in total. The number of alkyl halides is 3. The molecule has 0 N–H and O–H groups in total. The summed E-state index contributed by atoms with van der Waals surface area (Å²) >= 11 is 6.38. The lowest BCUT2D eigenvalue weighted by atomic mass is 9.92. The summed E-state index contributed by atoms with van der Waals surface area (Å²) < 4.78 is 46.7. The van der Waals surface area contributed by atoms with Crippen LogP contribution in [0.4, 0.5) is 19.0 Å². The molecule has 11 heteroatoms. The molecular formula is C29H36ClF3N4O3. The van der Waals surface area contributed by atoms with Crippen LogP contribution in [0.1, 0.15) is 60.4 Å². The lowest BCUT2D eigenvalue weighted by Crippen LogP contribution is -2.39. The number of carbonyl (C=O) groups excluding carboxylic acids is 2. The van der Waals surface area contributed by atoms with Gasteiger partial charge in [0.2, 0.25) is 5.91 Å². The molecule has 1 aliphatic heterocycles. The van der Waals surface area contributed by atoms with Gasteiger partial charge in [0.1, 0.15) is 16.7 Å². The smallest absolute Gasteiger partial charge is 0.404 e. The molecule has 1 aliphatic carbocycles. The average molecular weight is 581 g/mol. The molecule has 2 heterocycles. The standard InChI is InChI=1S/C29H36ClF3N4O3/c1-35(28(39)25(29(31,32)33)20-7-4-8-22(18-20)40-3)15-5-6-19-13-16-37(17-14-19)24-12-11-23(26(30)34-24)27(38)36(2)21-9-10-21/h4,7-8,11-12,18-19,21,25H,5-6,9-10,13-17H2,1-3H3/t25-/m0/s1. The highest BCUT2D eigenvalue weighted by atomic mass is 35.5. The van der Waals surface area contributed by atoms with Crippen LogP contribution in [-0.4, -0.2) is 79.7 Å². The Morgan fingerprint density at radius 2 is 1.82 bits per heavy atom. The van der Waals surface area contributed by atoms with Gasteiger partial charge in [-0.2, -0.15) is 13.2 Å². The van der Waals surface area contributed by atoms with Crippen molar-refractivity contribution in [3.63, 3.8) is 0 Å². The van der Waals surface area contributed by atoms with E-state index in [1.54, 1.807) is 24.1 Å². The van der Waals surface area contributed by atoms with E-state index < -0.39 is 18.0 Å². The number of carbonyl (C=O) groups is 2. The first-order chi connectivity index (χ1) is 19.0. The number of piperidine rings is 1. The first-order valence-electron chi connectivity index (χ1n) is 13.6. The number of hydrogen-bond acceptors (Lipinski definition) is 5. The third-order valence-electron chi connectivity index (χ3n) is 7.90. The van der Waals surface area contributed by atoms with E-state index in [0.717, 1.165) is 51.0 Å². The summed E-state index contributed by atoms with van der Waals surface area (Å²) in [5.41, 5.74) is 0.282. The van der Waals surface area contributed by atoms with E-state index in [0.29, 0.717) is 23.9 Å². The Morgan fingerprint density at radius 1 is 1.12 bits per heavy atom. The lowest BCUT2D eigenvalue weighted by Gasteiger charge is -2.33. The second-order valence-electron chi connectivity index (χ2n) is 10.7. The summed E-state index contributed by atoms with van der Waals surface area (Å²) in [5.74, 6) is -1.90. The molecular weight excluding hydrogens is 545 g/mol. The molecule has 2 amide bonds. The monoisotopic (exact) mass is 580 g/mol. The van der Waals surface area contributed by atoms with Crippen LogP contribution in [-0.2, 0) is 4.79 Å². The Morgan fingerprint density at radius 3 is 2.42 bits per heavy atom. The van der Waals surface area contributed by atoms with Gasteiger partial charge in [0.05, 0.1) is 12.7 Å². The molecule has 2 aliphatic rings. The third-order valence-corrected chi connectivity index (χ3v) is 8.19. The van der Waals surface area contributed by atoms with Crippen molar-refractivity contribution < 1.29 is 27.5 Å². The predicted octanol–water partition coefficient (Wildman–Crippen LogP) is 5.78. The molecule has 1 aromatic heterocycles. The Kier molecular flexibility index (Phi) is 9.48. The molecule has 4 rings (SSSR count). The highest BCUT2D eigenvalue weighted by molar-refractivity contribution is 6.32. The van der Waals surface area contributed by atoms with Gasteiger partial charge in [0, 0.05) is 39.8 Å². The Hall–Kier alpha value is -3.01. The van der Waals surface area contributed by atoms with Gasteiger partial charge in [-0.25, -0.2) is 4.98 Å². The van der Waals surface area contributed by atoms with Crippen LogP contribution in [0.25, 0.3) is 0 Å². The largest absolute Gasteiger partial charge is 0.497 e. The normalized spacial score (nSPS) is 16.9. The van der Waals surface area contributed by atoms with Crippen molar-refractivity contribution in [2.24, 2.45) is 5.92 Å². The summed E-state index contributed by atoms with van der Waals surface area (Å²) in [7, 11) is 4.59.